The topological polar surface area (TPSA) is 56.0 Å². The summed E-state index contributed by atoms with van der Waals surface area (Å²) in [6.07, 6.45) is 0. The van der Waals surface area contributed by atoms with Gasteiger partial charge in [0, 0.05) is 6.07 Å². The molecule has 8 heteroatoms. The van der Waals surface area contributed by atoms with Crippen molar-refractivity contribution in [2.45, 2.75) is 9.92 Å². The van der Waals surface area contributed by atoms with Gasteiger partial charge in [-0.25, -0.2) is 13.8 Å². The lowest BCUT2D eigenvalue weighted by atomic mass is 10.3. The van der Waals surface area contributed by atoms with Crippen LogP contribution in [-0.4, -0.2) is 9.91 Å². The Balaban J connectivity index is 2.38. The maximum Gasteiger partial charge on any atom is 0.275 e. The number of aromatic nitrogens is 1. The Morgan fingerprint density at radius 3 is 2.68 bits per heavy atom. The molecule has 0 amide bonds. The first-order valence-corrected chi connectivity index (χ1v) is 6.10. The van der Waals surface area contributed by atoms with Crippen molar-refractivity contribution in [2.75, 3.05) is 0 Å². The smallest absolute Gasteiger partial charge is 0.258 e. The van der Waals surface area contributed by atoms with Gasteiger partial charge in [0.25, 0.3) is 5.69 Å². The van der Waals surface area contributed by atoms with E-state index in [4.69, 9.17) is 11.6 Å². The largest absolute Gasteiger partial charge is 0.275 e. The first-order chi connectivity index (χ1) is 8.95. The van der Waals surface area contributed by atoms with Crippen molar-refractivity contribution in [2.24, 2.45) is 0 Å². The van der Waals surface area contributed by atoms with Crippen molar-refractivity contribution >= 4 is 29.1 Å². The minimum atomic E-state index is -0.643. The van der Waals surface area contributed by atoms with E-state index < -0.39 is 16.6 Å². The van der Waals surface area contributed by atoms with Crippen molar-refractivity contribution in [1.82, 2.24) is 4.98 Å². The number of nitro groups is 1. The molecule has 19 heavy (non-hydrogen) atoms. The summed E-state index contributed by atoms with van der Waals surface area (Å²) < 4.78 is 26.4. The summed E-state index contributed by atoms with van der Waals surface area (Å²) in [6, 6.07) is 5.15. The third kappa shape index (κ3) is 3.39. The molecule has 0 N–H and O–H groups in total. The Kier molecular flexibility index (Phi) is 3.96. The number of benzene rings is 1. The van der Waals surface area contributed by atoms with E-state index in [2.05, 4.69) is 4.98 Å². The molecule has 0 unspecified atom stereocenters. The number of pyridine rings is 1. The average molecular weight is 303 g/mol. The van der Waals surface area contributed by atoms with Crippen LogP contribution in [0.5, 0.6) is 0 Å². The van der Waals surface area contributed by atoms with Crippen LogP contribution in [0.2, 0.25) is 5.15 Å². The molecule has 1 heterocycles. The van der Waals surface area contributed by atoms with Crippen molar-refractivity contribution in [1.29, 1.82) is 0 Å². The van der Waals surface area contributed by atoms with Crippen LogP contribution < -0.4 is 0 Å². The summed E-state index contributed by atoms with van der Waals surface area (Å²) >= 11 is 6.39. The van der Waals surface area contributed by atoms with Crippen molar-refractivity contribution in [3.8, 4) is 0 Å². The molecule has 0 fully saturated rings. The summed E-state index contributed by atoms with van der Waals surface area (Å²) in [5.41, 5.74) is -0.265. The second-order valence-electron chi connectivity index (χ2n) is 3.42. The molecule has 0 spiro atoms. The Morgan fingerprint density at radius 2 is 2.00 bits per heavy atom. The lowest BCUT2D eigenvalue weighted by Gasteiger charge is -2.03. The highest BCUT2D eigenvalue weighted by Gasteiger charge is 2.13. The van der Waals surface area contributed by atoms with E-state index in [1.807, 2.05) is 0 Å². The molecule has 0 saturated carbocycles. The number of rotatable bonds is 3. The predicted molar refractivity (Wildman–Crippen MR) is 66.4 cm³/mol. The zero-order valence-corrected chi connectivity index (χ0v) is 10.7. The Hall–Kier alpha value is -1.73. The molecule has 0 radical (unpaired) electrons. The van der Waals surface area contributed by atoms with Crippen molar-refractivity contribution in [3.63, 3.8) is 0 Å². The highest BCUT2D eigenvalue weighted by molar-refractivity contribution is 7.99. The standard InChI is InChI=1S/C11H5ClF2N2O2S/c12-10-4-7(16(17)18)5-11(15-10)19-9-3-6(13)1-2-8(9)14/h1-5H. The van der Waals surface area contributed by atoms with Gasteiger partial charge in [0.1, 0.15) is 21.8 Å². The van der Waals surface area contributed by atoms with Gasteiger partial charge in [0.15, 0.2) is 0 Å². The van der Waals surface area contributed by atoms with Crippen LogP contribution in [0.25, 0.3) is 0 Å². The average Bonchev–Trinajstić information content (AvgIpc) is 2.33. The third-order valence-electron chi connectivity index (χ3n) is 2.07. The quantitative estimate of drug-likeness (QED) is 0.487. The van der Waals surface area contributed by atoms with Crippen molar-refractivity contribution in [3.05, 3.63) is 57.2 Å². The van der Waals surface area contributed by atoms with E-state index in [0.29, 0.717) is 0 Å². The van der Waals surface area contributed by atoms with Crippen LogP contribution in [0.4, 0.5) is 14.5 Å². The van der Waals surface area contributed by atoms with Gasteiger partial charge in [-0.2, -0.15) is 0 Å². The molecule has 4 nitrogen and oxygen atoms in total. The van der Waals surface area contributed by atoms with Gasteiger partial charge in [-0.05, 0) is 18.2 Å². The van der Waals surface area contributed by atoms with Gasteiger partial charge < -0.3 is 0 Å². The third-order valence-corrected chi connectivity index (χ3v) is 3.22. The van der Waals surface area contributed by atoms with Gasteiger partial charge in [-0.1, -0.05) is 23.4 Å². The van der Waals surface area contributed by atoms with E-state index in [1.54, 1.807) is 0 Å². The maximum absolute atomic E-state index is 13.4. The number of nitrogens with zero attached hydrogens (tertiary/aromatic N) is 2. The maximum atomic E-state index is 13.4. The van der Waals surface area contributed by atoms with E-state index in [-0.39, 0.29) is 20.8 Å². The van der Waals surface area contributed by atoms with Gasteiger partial charge in [0.05, 0.1) is 15.9 Å². The summed E-state index contributed by atoms with van der Waals surface area (Å²) in [5.74, 6) is -1.25. The summed E-state index contributed by atoms with van der Waals surface area (Å²) in [4.78, 5) is 13.8. The molecular weight excluding hydrogens is 298 g/mol. The zero-order chi connectivity index (χ0) is 14.0. The molecule has 1 aromatic heterocycles. The minimum Gasteiger partial charge on any atom is -0.258 e. The highest BCUT2D eigenvalue weighted by Crippen LogP contribution is 2.32. The van der Waals surface area contributed by atoms with Crippen LogP contribution in [0.1, 0.15) is 0 Å². The second kappa shape index (κ2) is 5.50. The molecule has 0 aliphatic rings. The number of hydrogen-bond donors (Lipinski definition) is 0. The fraction of sp³-hybridized carbons (Fsp3) is 0. The normalized spacial score (nSPS) is 10.5. The van der Waals surface area contributed by atoms with Gasteiger partial charge in [-0.3, -0.25) is 10.1 Å². The molecular formula is C11H5ClF2N2O2S. The Labute approximate surface area is 115 Å². The molecule has 0 saturated heterocycles. The predicted octanol–water partition coefficient (Wildman–Crippen LogP) is 4.07. The first-order valence-electron chi connectivity index (χ1n) is 4.90. The van der Waals surface area contributed by atoms with E-state index >= 15 is 0 Å². The van der Waals surface area contributed by atoms with Crippen LogP contribution in [0, 0.1) is 21.7 Å². The molecule has 0 aliphatic heterocycles. The highest BCUT2D eigenvalue weighted by atomic mass is 35.5. The van der Waals surface area contributed by atoms with Gasteiger partial charge in [-0.15, -0.1) is 0 Å². The molecule has 0 bridgehead atoms. The SMILES string of the molecule is O=[N+]([O-])c1cc(Cl)nc(Sc2cc(F)ccc2F)c1. The second-order valence-corrected chi connectivity index (χ2v) is 4.87. The molecule has 1 aromatic carbocycles. The van der Waals surface area contributed by atoms with Crippen LogP contribution in [0.15, 0.2) is 40.3 Å². The van der Waals surface area contributed by atoms with Crippen LogP contribution in [0.3, 0.4) is 0 Å². The number of halogens is 3. The van der Waals surface area contributed by atoms with E-state index in [1.165, 1.54) is 0 Å². The molecule has 0 atom stereocenters. The molecule has 98 valence electrons. The van der Waals surface area contributed by atoms with Crippen molar-refractivity contribution < 1.29 is 13.7 Å². The zero-order valence-electron chi connectivity index (χ0n) is 9.14. The monoisotopic (exact) mass is 302 g/mol. The summed E-state index contributed by atoms with van der Waals surface area (Å²) in [6.45, 7) is 0. The van der Waals surface area contributed by atoms with Crippen LogP contribution >= 0.6 is 23.4 Å². The molecule has 0 aliphatic carbocycles. The lowest BCUT2D eigenvalue weighted by Crippen LogP contribution is -1.91. The Bertz CT molecular complexity index is 655. The molecule has 2 aromatic rings. The molecule has 2 rings (SSSR count). The van der Waals surface area contributed by atoms with Crippen LogP contribution in [-0.2, 0) is 0 Å². The lowest BCUT2D eigenvalue weighted by molar-refractivity contribution is -0.385. The Morgan fingerprint density at radius 1 is 1.26 bits per heavy atom. The van der Waals surface area contributed by atoms with E-state index in [9.17, 15) is 18.9 Å². The number of hydrogen-bond acceptors (Lipinski definition) is 4. The summed E-state index contributed by atoms with van der Waals surface area (Å²) in [5, 5.41) is 10.7. The fourth-order valence-corrected chi connectivity index (χ4v) is 2.42. The van der Waals surface area contributed by atoms with Gasteiger partial charge >= 0.3 is 0 Å². The fourth-order valence-electron chi connectivity index (χ4n) is 1.29. The first kappa shape index (κ1) is 13.7. The van der Waals surface area contributed by atoms with E-state index in [0.717, 1.165) is 42.1 Å². The summed E-state index contributed by atoms with van der Waals surface area (Å²) in [7, 11) is 0. The minimum absolute atomic E-state index is 0.0240. The van der Waals surface area contributed by atoms with Gasteiger partial charge in [0.2, 0.25) is 0 Å².